The topological polar surface area (TPSA) is 85.1 Å². The van der Waals surface area contributed by atoms with Gasteiger partial charge in [0.2, 0.25) is 5.88 Å². The number of hydrogen-bond donors (Lipinski definition) is 0. The molecule has 9 heteroatoms. The Morgan fingerprint density at radius 3 is 2.46 bits per heavy atom. The van der Waals surface area contributed by atoms with Crippen LogP contribution in [0, 0.1) is 0 Å². The lowest BCUT2D eigenvalue weighted by atomic mass is 10.3. The molecule has 0 spiro atoms. The molecule has 3 aromatic rings. The molecule has 1 aliphatic heterocycles. The van der Waals surface area contributed by atoms with Gasteiger partial charge in [-0.05, 0) is 0 Å². The monoisotopic (exact) mass is 326 g/mol. The molecule has 0 atom stereocenters. The van der Waals surface area contributed by atoms with E-state index in [1.165, 1.54) is 6.33 Å². The first-order chi connectivity index (χ1) is 11.8. The summed E-state index contributed by atoms with van der Waals surface area (Å²) in [5.41, 5.74) is 1.69. The van der Waals surface area contributed by atoms with Crippen LogP contribution < -0.4 is 14.5 Å². The molecule has 9 nitrogen and oxygen atoms in total. The molecule has 0 saturated carbocycles. The quantitative estimate of drug-likeness (QED) is 0.687. The van der Waals surface area contributed by atoms with Gasteiger partial charge in [-0.25, -0.2) is 24.9 Å². The number of aromatic nitrogens is 6. The molecule has 4 heterocycles. The van der Waals surface area contributed by atoms with Crippen molar-refractivity contribution in [3.05, 3.63) is 25.0 Å². The van der Waals surface area contributed by atoms with Gasteiger partial charge in [-0.3, -0.25) is 0 Å². The van der Waals surface area contributed by atoms with Gasteiger partial charge < -0.3 is 19.1 Å². The summed E-state index contributed by atoms with van der Waals surface area (Å²) in [7, 11) is 3.55. The van der Waals surface area contributed by atoms with Crippen LogP contribution in [0.15, 0.2) is 25.0 Å². The summed E-state index contributed by atoms with van der Waals surface area (Å²) in [6.07, 6.45) is 4.90. The van der Waals surface area contributed by atoms with Crippen LogP contribution in [0.5, 0.6) is 5.88 Å². The number of hydrogen-bond acceptors (Lipinski definition) is 8. The van der Waals surface area contributed by atoms with Crippen molar-refractivity contribution in [1.82, 2.24) is 29.5 Å². The summed E-state index contributed by atoms with van der Waals surface area (Å²) in [5, 5.41) is 0. The summed E-state index contributed by atoms with van der Waals surface area (Å²) in [6.45, 7) is 3.38. The molecule has 1 saturated heterocycles. The summed E-state index contributed by atoms with van der Waals surface area (Å²) >= 11 is 0. The lowest BCUT2D eigenvalue weighted by Gasteiger charge is -2.35. The predicted octanol–water partition coefficient (Wildman–Crippen LogP) is 0.488. The number of aryl methyl sites for hydroxylation is 1. The van der Waals surface area contributed by atoms with Gasteiger partial charge in [0.15, 0.2) is 17.0 Å². The lowest BCUT2D eigenvalue weighted by Crippen LogP contribution is -2.47. The first-order valence-corrected chi connectivity index (χ1v) is 7.74. The van der Waals surface area contributed by atoms with Gasteiger partial charge in [-0.1, -0.05) is 0 Å². The van der Waals surface area contributed by atoms with E-state index in [0.29, 0.717) is 5.88 Å². The third kappa shape index (κ3) is 2.47. The Kier molecular flexibility index (Phi) is 3.60. The number of imidazole rings is 1. The molecule has 3 aromatic heterocycles. The van der Waals surface area contributed by atoms with E-state index in [1.807, 2.05) is 17.7 Å². The number of ether oxygens (including phenoxy) is 1. The first-order valence-electron chi connectivity index (χ1n) is 7.74. The molecule has 0 N–H and O–H groups in total. The van der Waals surface area contributed by atoms with Gasteiger partial charge in [0.05, 0.1) is 13.4 Å². The second kappa shape index (κ2) is 5.91. The fraction of sp³-hybridized carbons (Fsp3) is 0.400. The van der Waals surface area contributed by atoms with Crippen molar-refractivity contribution in [1.29, 1.82) is 0 Å². The van der Waals surface area contributed by atoms with Gasteiger partial charge in [0, 0.05) is 39.3 Å². The van der Waals surface area contributed by atoms with Crippen LogP contribution in [0.2, 0.25) is 0 Å². The highest BCUT2D eigenvalue weighted by Gasteiger charge is 2.22. The maximum atomic E-state index is 5.17. The van der Waals surface area contributed by atoms with Crippen LogP contribution in [-0.4, -0.2) is 62.8 Å². The summed E-state index contributed by atoms with van der Waals surface area (Å²) < 4.78 is 7.08. The molecule has 0 amide bonds. The van der Waals surface area contributed by atoms with Gasteiger partial charge in [-0.2, -0.15) is 0 Å². The summed E-state index contributed by atoms with van der Waals surface area (Å²) in [5.74, 6) is 2.35. The highest BCUT2D eigenvalue weighted by atomic mass is 16.5. The van der Waals surface area contributed by atoms with Crippen molar-refractivity contribution in [2.45, 2.75) is 0 Å². The van der Waals surface area contributed by atoms with Gasteiger partial charge >= 0.3 is 0 Å². The van der Waals surface area contributed by atoms with E-state index in [4.69, 9.17) is 4.74 Å². The second-order valence-electron chi connectivity index (χ2n) is 5.62. The Labute approximate surface area is 139 Å². The van der Waals surface area contributed by atoms with E-state index in [2.05, 4.69) is 34.7 Å². The van der Waals surface area contributed by atoms with Crippen molar-refractivity contribution in [2.24, 2.45) is 7.05 Å². The van der Waals surface area contributed by atoms with Crippen LogP contribution >= 0.6 is 0 Å². The van der Waals surface area contributed by atoms with Crippen LogP contribution in [-0.2, 0) is 7.05 Å². The lowest BCUT2D eigenvalue weighted by molar-refractivity contribution is 0.396. The normalized spacial score (nSPS) is 15.1. The molecule has 1 aliphatic rings. The highest BCUT2D eigenvalue weighted by Crippen LogP contribution is 2.23. The molecule has 0 radical (unpaired) electrons. The highest BCUT2D eigenvalue weighted by molar-refractivity contribution is 5.83. The SMILES string of the molecule is COc1cc(N2CCN(c3ncnc4c3ncn4C)CC2)ncn1. The van der Waals surface area contributed by atoms with Gasteiger partial charge in [0.1, 0.15) is 18.5 Å². The molecule has 0 unspecified atom stereocenters. The predicted molar refractivity (Wildman–Crippen MR) is 89.3 cm³/mol. The van der Waals surface area contributed by atoms with Crippen LogP contribution in [0.3, 0.4) is 0 Å². The minimum Gasteiger partial charge on any atom is -0.481 e. The molecule has 0 aliphatic carbocycles. The van der Waals surface area contributed by atoms with E-state index < -0.39 is 0 Å². The third-order valence-corrected chi connectivity index (χ3v) is 4.22. The number of nitrogens with zero attached hydrogens (tertiary/aromatic N) is 8. The van der Waals surface area contributed by atoms with Crippen molar-refractivity contribution in [3.8, 4) is 5.88 Å². The Bertz CT molecular complexity index is 856. The molecule has 4 rings (SSSR count). The smallest absolute Gasteiger partial charge is 0.218 e. The minimum atomic E-state index is 0.577. The van der Waals surface area contributed by atoms with Crippen LogP contribution in [0.25, 0.3) is 11.2 Å². The Balaban J connectivity index is 1.53. The van der Waals surface area contributed by atoms with Crippen LogP contribution in [0.1, 0.15) is 0 Å². The van der Waals surface area contributed by atoms with Gasteiger partial charge in [-0.15, -0.1) is 0 Å². The first kappa shape index (κ1) is 14.6. The number of fused-ring (bicyclic) bond motifs is 1. The summed E-state index contributed by atoms with van der Waals surface area (Å²) in [4.78, 5) is 26.0. The molecular formula is C15H18N8O. The fourth-order valence-corrected chi connectivity index (χ4v) is 2.93. The number of anilines is 2. The van der Waals surface area contributed by atoms with E-state index in [-0.39, 0.29) is 0 Å². The number of methoxy groups -OCH3 is 1. The van der Waals surface area contributed by atoms with Crippen molar-refractivity contribution in [2.75, 3.05) is 43.1 Å². The zero-order chi connectivity index (χ0) is 16.5. The zero-order valence-corrected chi connectivity index (χ0v) is 13.6. The zero-order valence-electron chi connectivity index (χ0n) is 13.6. The van der Waals surface area contributed by atoms with Crippen molar-refractivity contribution >= 4 is 22.8 Å². The average molecular weight is 326 g/mol. The third-order valence-electron chi connectivity index (χ3n) is 4.22. The maximum absolute atomic E-state index is 5.17. The van der Waals surface area contributed by atoms with E-state index in [0.717, 1.165) is 49.0 Å². The van der Waals surface area contributed by atoms with Crippen molar-refractivity contribution in [3.63, 3.8) is 0 Å². The largest absolute Gasteiger partial charge is 0.481 e. The van der Waals surface area contributed by atoms with Gasteiger partial charge in [0.25, 0.3) is 0 Å². The average Bonchev–Trinajstić information content (AvgIpc) is 3.03. The molecule has 24 heavy (non-hydrogen) atoms. The Hall–Kier alpha value is -2.97. The summed E-state index contributed by atoms with van der Waals surface area (Å²) in [6, 6.07) is 1.86. The Morgan fingerprint density at radius 1 is 0.917 bits per heavy atom. The Morgan fingerprint density at radius 2 is 1.67 bits per heavy atom. The molecule has 124 valence electrons. The van der Waals surface area contributed by atoms with Crippen LogP contribution in [0.4, 0.5) is 11.6 Å². The molecule has 0 bridgehead atoms. The van der Waals surface area contributed by atoms with Crippen molar-refractivity contribution < 1.29 is 4.74 Å². The number of piperazine rings is 1. The number of rotatable bonds is 3. The standard InChI is InChI=1S/C15H18N8O/c1-21-10-20-13-14(21)18-9-19-15(13)23-5-3-22(4-6-23)11-7-12(24-2)17-8-16-11/h7-10H,3-6H2,1-2H3. The molecule has 0 aromatic carbocycles. The molecule has 1 fully saturated rings. The van der Waals surface area contributed by atoms with E-state index in [9.17, 15) is 0 Å². The van der Waals surface area contributed by atoms with E-state index >= 15 is 0 Å². The fourth-order valence-electron chi connectivity index (χ4n) is 2.93. The second-order valence-corrected chi connectivity index (χ2v) is 5.62. The molecular weight excluding hydrogens is 308 g/mol. The maximum Gasteiger partial charge on any atom is 0.218 e. The minimum absolute atomic E-state index is 0.577. The van der Waals surface area contributed by atoms with E-state index in [1.54, 1.807) is 19.8 Å².